The summed E-state index contributed by atoms with van der Waals surface area (Å²) in [5, 5.41) is 4.76. The molecule has 0 N–H and O–H groups in total. The van der Waals surface area contributed by atoms with Gasteiger partial charge in [0.15, 0.2) is 0 Å². The molecule has 4 aliphatic carbocycles. The molecule has 4 aliphatic rings. The summed E-state index contributed by atoms with van der Waals surface area (Å²) in [5.41, 5.74) is 7.02. The fourth-order valence-electron chi connectivity index (χ4n) is 4.66. The van der Waals surface area contributed by atoms with Crippen LogP contribution in [0.3, 0.4) is 0 Å². The first-order chi connectivity index (χ1) is 18.3. The molecular weight excluding hydrogens is 740 g/mol. The Hall–Kier alpha value is -0.0200. The van der Waals surface area contributed by atoms with Gasteiger partial charge in [0, 0.05) is 9.52 Å². The van der Waals surface area contributed by atoms with E-state index in [-0.39, 0.29) is 61.8 Å². The third kappa shape index (κ3) is 8.61. The number of aryl methyl sites for hydroxylation is 2. The Labute approximate surface area is 306 Å². The SMILES string of the molecule is CC1=c2cccc(C)c2=[C-]C1(C)C(Cl)Cl.CC1=c2cccc(C)c2=[C-]C1(C)C(Cl)Cl.C[SiH]C.Cl.Cl.[Zr+2].c1cc2ccc1-2. The second-order valence-corrected chi connectivity index (χ2v) is 14.0. The fraction of sp³-hybridized carbons (Fsp3) is 0.353. The van der Waals surface area contributed by atoms with E-state index >= 15 is 0 Å². The molecule has 225 valence electrons. The van der Waals surface area contributed by atoms with Crippen LogP contribution in [0.5, 0.6) is 0 Å². The molecule has 42 heavy (non-hydrogen) atoms. The molecule has 0 spiro atoms. The molecule has 0 heterocycles. The number of rotatable bonds is 2. The zero-order valence-electron chi connectivity index (χ0n) is 25.3. The summed E-state index contributed by atoms with van der Waals surface area (Å²) in [6.45, 7) is 16.8. The molecule has 8 heteroatoms. The van der Waals surface area contributed by atoms with Gasteiger partial charge in [-0.25, -0.2) is 0 Å². The number of alkyl halides is 4. The van der Waals surface area contributed by atoms with Gasteiger partial charge in [0.1, 0.15) is 9.67 Å². The molecule has 0 bridgehead atoms. The Balaban J connectivity index is 0.000000587. The molecule has 0 saturated heterocycles. The van der Waals surface area contributed by atoms with Gasteiger partial charge in [0.25, 0.3) is 0 Å². The van der Waals surface area contributed by atoms with E-state index in [1.54, 1.807) is 0 Å². The number of halogens is 6. The van der Waals surface area contributed by atoms with Gasteiger partial charge in [0.2, 0.25) is 0 Å². The Morgan fingerprint density at radius 2 is 0.881 bits per heavy atom. The van der Waals surface area contributed by atoms with Crippen LogP contribution in [0.4, 0.5) is 0 Å². The van der Waals surface area contributed by atoms with Crippen LogP contribution in [0.15, 0.2) is 60.7 Å². The number of hydrogen-bond donors (Lipinski definition) is 0. The van der Waals surface area contributed by atoms with Crippen molar-refractivity contribution < 1.29 is 26.2 Å². The summed E-state index contributed by atoms with van der Waals surface area (Å²) in [6, 6.07) is 21.0. The molecule has 6 rings (SSSR count). The predicted molar refractivity (Wildman–Crippen MR) is 192 cm³/mol. The minimum absolute atomic E-state index is 0. The minimum atomic E-state index is -0.454. The van der Waals surface area contributed by atoms with E-state index in [0.717, 1.165) is 20.0 Å². The maximum Gasteiger partial charge on any atom is 2.00 e. The third-order valence-corrected chi connectivity index (χ3v) is 9.52. The van der Waals surface area contributed by atoms with Crippen molar-refractivity contribution in [2.45, 2.75) is 64.3 Å². The van der Waals surface area contributed by atoms with Gasteiger partial charge in [-0.15, -0.1) is 117 Å². The standard InChI is InChI=1S/2C13H13Cl2.C6H4.C2H7Si.2ClH.Zr/c2*1-8-5-4-6-10-9(2)13(3,12(14)15)7-11(8)10;1-2-6-4-3-5(1)6;1-3-2;;;/h2*4-6,12H,1-3H3;1-4H;3H,1-2H3;2*1H;/q2*-1;;;;;+2. The Morgan fingerprint density at radius 3 is 1.07 bits per heavy atom. The topological polar surface area (TPSA) is 0 Å². The summed E-state index contributed by atoms with van der Waals surface area (Å²) in [6.07, 6.45) is 6.85. The second-order valence-electron chi connectivity index (χ2n) is 10.7. The molecule has 0 nitrogen and oxygen atoms in total. The normalized spacial score (nSPS) is 19.4. The van der Waals surface area contributed by atoms with Crippen molar-refractivity contribution in [2.24, 2.45) is 10.8 Å². The minimum Gasteiger partial charge on any atom is -0.188 e. The third-order valence-electron chi connectivity index (χ3n) is 7.77. The van der Waals surface area contributed by atoms with Crippen molar-refractivity contribution in [2.75, 3.05) is 0 Å². The summed E-state index contributed by atoms with van der Waals surface area (Å²) in [5.74, 6) is 0. The van der Waals surface area contributed by atoms with Crippen molar-refractivity contribution in [3.63, 3.8) is 0 Å². The maximum absolute atomic E-state index is 6.04. The van der Waals surface area contributed by atoms with Crippen LogP contribution in [-0.4, -0.2) is 19.2 Å². The molecular formula is C34H39Cl6SiZr. The molecule has 0 aliphatic heterocycles. The van der Waals surface area contributed by atoms with Gasteiger partial charge >= 0.3 is 26.2 Å². The zero-order valence-corrected chi connectivity index (χ0v) is 33.6. The first-order valence-electron chi connectivity index (χ1n) is 13.2. The van der Waals surface area contributed by atoms with Crippen LogP contribution in [-0.2, 0) is 26.2 Å². The monoisotopic (exact) mass is 775 g/mol. The van der Waals surface area contributed by atoms with E-state index in [1.165, 1.54) is 43.8 Å². The van der Waals surface area contributed by atoms with Gasteiger partial charge < -0.3 is 0 Å². The van der Waals surface area contributed by atoms with E-state index in [1.807, 2.05) is 13.8 Å². The summed E-state index contributed by atoms with van der Waals surface area (Å²) in [7, 11) is 0.750. The second kappa shape index (κ2) is 17.6. The Bertz CT molecular complexity index is 1470. The van der Waals surface area contributed by atoms with Gasteiger partial charge in [-0.3, -0.25) is 0 Å². The zero-order chi connectivity index (χ0) is 29.1. The van der Waals surface area contributed by atoms with Gasteiger partial charge in [0.05, 0.1) is 0 Å². The molecule has 0 fully saturated rings. The summed E-state index contributed by atoms with van der Waals surface area (Å²) < 4.78 is 0. The van der Waals surface area contributed by atoms with Crippen molar-refractivity contribution >= 4 is 104 Å². The van der Waals surface area contributed by atoms with E-state index < -0.39 is 9.67 Å². The molecule has 0 amide bonds. The quantitative estimate of drug-likeness (QED) is 0.109. The number of fused-ring (bicyclic) bond motifs is 3. The average Bonchev–Trinajstić information content (AvgIpc) is 3.31. The molecule has 0 aromatic heterocycles. The van der Waals surface area contributed by atoms with Crippen molar-refractivity contribution in [1.82, 2.24) is 0 Å². The van der Waals surface area contributed by atoms with Crippen LogP contribution in [0.2, 0.25) is 13.1 Å². The maximum atomic E-state index is 6.04. The Morgan fingerprint density at radius 1 is 0.595 bits per heavy atom. The number of hydrogen-bond acceptors (Lipinski definition) is 0. The summed E-state index contributed by atoms with van der Waals surface area (Å²) in [4.78, 5) is -0.909. The van der Waals surface area contributed by atoms with Crippen LogP contribution in [0, 0.1) is 24.7 Å². The molecule has 2 unspecified atom stereocenters. The van der Waals surface area contributed by atoms with Gasteiger partial charge in [-0.2, -0.15) is 33.7 Å². The van der Waals surface area contributed by atoms with Crippen molar-refractivity contribution in [3.05, 3.63) is 92.7 Å². The van der Waals surface area contributed by atoms with Crippen molar-refractivity contribution in [3.8, 4) is 11.1 Å². The fourth-order valence-corrected chi connectivity index (χ4v) is 5.53. The van der Waals surface area contributed by atoms with Crippen LogP contribution in [0.25, 0.3) is 34.4 Å². The van der Waals surface area contributed by atoms with Crippen LogP contribution >= 0.6 is 71.2 Å². The average molecular weight is 780 g/mol. The van der Waals surface area contributed by atoms with E-state index in [2.05, 4.69) is 114 Å². The summed E-state index contributed by atoms with van der Waals surface area (Å²) >= 11 is 24.2. The molecule has 1 radical (unpaired) electrons. The Kier molecular flexibility index (Phi) is 17.6. The van der Waals surface area contributed by atoms with Crippen LogP contribution in [0.1, 0.15) is 38.8 Å². The van der Waals surface area contributed by atoms with E-state index in [0.29, 0.717) is 0 Å². The molecule has 2 atom stereocenters. The van der Waals surface area contributed by atoms with Crippen molar-refractivity contribution in [1.29, 1.82) is 0 Å². The molecule has 2 aromatic carbocycles. The first-order valence-corrected chi connectivity index (χ1v) is 17.2. The van der Waals surface area contributed by atoms with E-state index in [9.17, 15) is 0 Å². The largest absolute Gasteiger partial charge is 2.00 e. The van der Waals surface area contributed by atoms with E-state index in [4.69, 9.17) is 46.4 Å². The smallest absolute Gasteiger partial charge is 0.188 e. The van der Waals surface area contributed by atoms with Gasteiger partial charge in [-0.1, -0.05) is 91.0 Å². The predicted octanol–water partition coefficient (Wildman–Crippen LogP) is 8.32. The number of benzene rings is 3. The molecule has 2 aromatic rings. The molecule has 0 saturated carbocycles. The van der Waals surface area contributed by atoms with Gasteiger partial charge in [-0.05, 0) is 22.0 Å². The van der Waals surface area contributed by atoms with Crippen LogP contribution < -0.4 is 20.9 Å². The first kappa shape index (κ1) is 42.0.